The van der Waals surface area contributed by atoms with Gasteiger partial charge in [-0.1, -0.05) is 54.2 Å². The molecule has 4 fully saturated rings. The predicted octanol–water partition coefficient (Wildman–Crippen LogP) is 5.61. The van der Waals surface area contributed by atoms with Crippen LogP contribution in [0, 0.1) is 63.1 Å². The molecule has 11 heteroatoms. The van der Waals surface area contributed by atoms with Crippen molar-refractivity contribution in [2.45, 2.75) is 99.7 Å². The van der Waals surface area contributed by atoms with Crippen molar-refractivity contribution in [3.63, 3.8) is 0 Å². The van der Waals surface area contributed by atoms with E-state index in [0.717, 1.165) is 25.7 Å². The molecule has 5 aliphatic rings. The first-order valence-corrected chi connectivity index (χ1v) is 18.2. The molecule has 2 N–H and O–H groups in total. The van der Waals surface area contributed by atoms with Gasteiger partial charge in [0.25, 0.3) is 0 Å². The Hall–Kier alpha value is -2.13. The largest absolute Gasteiger partial charge is 0.469 e. The molecule has 5 aliphatic carbocycles. The molecule has 0 amide bonds. The Morgan fingerprint density at radius 2 is 1.72 bits per heavy atom. The fraction of sp³-hybridized carbons (Fsp3) is 0.771. The Morgan fingerprint density at radius 1 is 1.07 bits per heavy atom. The number of Topliss-reactive ketones (excluding diaryl/α,β-unsaturated/α-hetero) is 1. The molecular weight excluding hydrogens is 611 g/mol. The molecule has 10 nitrogen and oxygen atoms in total. The van der Waals surface area contributed by atoms with Crippen molar-refractivity contribution in [1.82, 2.24) is 0 Å². The quantitative estimate of drug-likeness (QED) is 0.172. The zero-order valence-electron chi connectivity index (χ0n) is 28.4. The SMILES string of the molecule is C=C(C(=O)C(OC(C)=O)C(C)C1C(OC(C)=O)CC2(C)C3CCC4C(C)C(=O)C=CC45C(C)C35CCC12C)C(C)COP(=O)(O)O. The summed E-state index contributed by atoms with van der Waals surface area (Å²) in [7, 11) is -4.77. The highest BCUT2D eigenvalue weighted by Crippen LogP contribution is 2.89. The summed E-state index contributed by atoms with van der Waals surface area (Å²) in [5.74, 6) is -1.99. The van der Waals surface area contributed by atoms with Crippen LogP contribution in [0.15, 0.2) is 24.3 Å². The van der Waals surface area contributed by atoms with Gasteiger partial charge < -0.3 is 19.3 Å². The molecular formula is C35H51O10P. The molecule has 0 saturated heterocycles. The number of allylic oxidation sites excluding steroid dienone is 2. The van der Waals surface area contributed by atoms with E-state index in [1.54, 1.807) is 6.92 Å². The number of ether oxygens (including phenoxy) is 2. The number of rotatable bonds is 10. The fourth-order valence-electron chi connectivity index (χ4n) is 11.9. The lowest BCUT2D eigenvalue weighted by Gasteiger charge is -2.61. The van der Waals surface area contributed by atoms with Crippen molar-refractivity contribution in [3.8, 4) is 0 Å². The number of esters is 2. The number of phosphoric ester groups is 1. The van der Waals surface area contributed by atoms with Crippen LogP contribution in [0.1, 0.15) is 87.5 Å². The number of ketones is 2. The highest BCUT2D eigenvalue weighted by atomic mass is 31.2. The molecule has 13 unspecified atom stereocenters. The molecule has 0 heterocycles. The van der Waals surface area contributed by atoms with Crippen LogP contribution >= 0.6 is 7.82 Å². The van der Waals surface area contributed by atoms with Crippen LogP contribution in [-0.4, -0.2) is 52.1 Å². The van der Waals surface area contributed by atoms with Crippen LogP contribution < -0.4 is 0 Å². The smallest absolute Gasteiger partial charge is 0.462 e. The Morgan fingerprint density at radius 3 is 2.30 bits per heavy atom. The maximum absolute atomic E-state index is 14.0. The van der Waals surface area contributed by atoms with Crippen molar-refractivity contribution in [1.29, 1.82) is 0 Å². The monoisotopic (exact) mass is 662 g/mol. The first-order chi connectivity index (χ1) is 21.2. The van der Waals surface area contributed by atoms with Gasteiger partial charge in [-0.25, -0.2) is 4.57 Å². The molecule has 0 aliphatic heterocycles. The lowest BCUT2D eigenvalue weighted by Crippen LogP contribution is -2.56. The number of hydrogen-bond acceptors (Lipinski definition) is 8. The van der Waals surface area contributed by atoms with E-state index >= 15 is 0 Å². The standard InChI is InChI=1S/C35H51O10P/c1-18(17-43-46(40,41)42)19(2)30(39)31(45-24(7)37)21(4)29-27(44-23(6)36)16-33(9)28-11-10-25-20(3)26(38)12-13-34(25)22(5)35(28,34)15-14-32(29,33)8/h12-13,18,20-22,25,27-29,31H,2,10-11,14-17H2,1,3-9H3,(H2,40,41,42). The molecule has 0 aromatic heterocycles. The van der Waals surface area contributed by atoms with E-state index in [1.165, 1.54) is 13.8 Å². The van der Waals surface area contributed by atoms with Crippen LogP contribution in [0.3, 0.4) is 0 Å². The van der Waals surface area contributed by atoms with E-state index in [4.69, 9.17) is 19.3 Å². The molecule has 0 aromatic rings. The Balaban J connectivity index is 1.51. The minimum atomic E-state index is -4.77. The highest BCUT2D eigenvalue weighted by Gasteiger charge is 2.85. The number of carbonyl (C=O) groups is 4. The summed E-state index contributed by atoms with van der Waals surface area (Å²) < 4.78 is 27.8. The van der Waals surface area contributed by atoms with Crippen molar-refractivity contribution < 1.29 is 47.5 Å². The van der Waals surface area contributed by atoms with E-state index in [0.29, 0.717) is 24.2 Å². The molecule has 5 rings (SSSR count). The van der Waals surface area contributed by atoms with Crippen LogP contribution in [-0.2, 0) is 37.7 Å². The van der Waals surface area contributed by atoms with Gasteiger partial charge in [-0.2, -0.15) is 0 Å². The average Bonchev–Trinajstić information content (AvgIpc) is 3.39. The normalized spacial score (nSPS) is 42.8. The van der Waals surface area contributed by atoms with Crippen molar-refractivity contribution >= 4 is 31.3 Å². The highest BCUT2D eigenvalue weighted by molar-refractivity contribution is 7.46. The predicted molar refractivity (Wildman–Crippen MR) is 169 cm³/mol. The lowest BCUT2D eigenvalue weighted by atomic mass is 9.43. The van der Waals surface area contributed by atoms with E-state index in [1.807, 2.05) is 13.0 Å². The topological polar surface area (TPSA) is 154 Å². The number of phosphoric acid groups is 1. The first kappa shape index (κ1) is 35.2. The number of fused-ring (bicyclic) bond motifs is 2. The second-order valence-corrected chi connectivity index (χ2v) is 16.9. The average molecular weight is 663 g/mol. The van der Waals surface area contributed by atoms with Crippen LogP contribution in [0.25, 0.3) is 0 Å². The Kier molecular flexibility index (Phi) is 8.79. The first-order valence-electron chi connectivity index (χ1n) is 16.7. The third-order valence-corrected chi connectivity index (χ3v) is 14.5. The maximum atomic E-state index is 14.0. The summed E-state index contributed by atoms with van der Waals surface area (Å²) in [6, 6.07) is 0. The Bertz CT molecular complexity index is 1420. The van der Waals surface area contributed by atoms with E-state index in [-0.39, 0.29) is 44.9 Å². The van der Waals surface area contributed by atoms with E-state index in [9.17, 15) is 23.7 Å². The molecule has 13 atom stereocenters. The lowest BCUT2D eigenvalue weighted by molar-refractivity contribution is -0.166. The van der Waals surface area contributed by atoms with Crippen LogP contribution in [0.4, 0.5) is 0 Å². The van der Waals surface area contributed by atoms with Gasteiger partial charge in [0.05, 0.1) is 6.61 Å². The van der Waals surface area contributed by atoms with Gasteiger partial charge >= 0.3 is 19.8 Å². The fourth-order valence-corrected chi connectivity index (χ4v) is 12.3. The number of carbonyl (C=O) groups excluding carboxylic acids is 4. The van der Waals surface area contributed by atoms with Gasteiger partial charge in [-0.15, -0.1) is 0 Å². The second kappa shape index (κ2) is 11.5. The number of hydrogen-bond donors (Lipinski definition) is 2. The van der Waals surface area contributed by atoms with Gasteiger partial charge in [0.1, 0.15) is 6.10 Å². The second-order valence-electron chi connectivity index (χ2n) is 15.6. The molecule has 0 aromatic carbocycles. The summed E-state index contributed by atoms with van der Waals surface area (Å²) in [6.07, 6.45) is 6.64. The molecule has 2 spiro atoms. The Labute approximate surface area is 272 Å². The molecule has 0 bridgehead atoms. The third kappa shape index (κ3) is 4.95. The summed E-state index contributed by atoms with van der Waals surface area (Å²) in [5, 5.41) is 0. The third-order valence-electron chi connectivity index (χ3n) is 14.0. The molecule has 46 heavy (non-hydrogen) atoms. The maximum Gasteiger partial charge on any atom is 0.469 e. The summed E-state index contributed by atoms with van der Waals surface area (Å²) in [4.78, 5) is 70.1. The summed E-state index contributed by atoms with van der Waals surface area (Å²) in [6.45, 7) is 18.5. The van der Waals surface area contributed by atoms with Crippen molar-refractivity contribution in [3.05, 3.63) is 24.3 Å². The van der Waals surface area contributed by atoms with Gasteiger partial charge in [-0.3, -0.25) is 23.7 Å². The van der Waals surface area contributed by atoms with Crippen LogP contribution in [0.5, 0.6) is 0 Å². The van der Waals surface area contributed by atoms with Crippen molar-refractivity contribution in [2.24, 2.45) is 63.1 Å². The summed E-state index contributed by atoms with van der Waals surface area (Å²) >= 11 is 0. The minimum absolute atomic E-state index is 0.00267. The zero-order chi connectivity index (χ0) is 34.4. The van der Waals surface area contributed by atoms with Crippen LogP contribution in [0.2, 0.25) is 0 Å². The molecule has 256 valence electrons. The van der Waals surface area contributed by atoms with Gasteiger partial charge in [0, 0.05) is 42.9 Å². The van der Waals surface area contributed by atoms with Gasteiger partial charge in [0.15, 0.2) is 17.7 Å². The molecule has 0 radical (unpaired) electrons. The van der Waals surface area contributed by atoms with E-state index in [2.05, 4.69) is 44.9 Å². The summed E-state index contributed by atoms with van der Waals surface area (Å²) in [5.41, 5.74) is -0.593. The van der Waals surface area contributed by atoms with Gasteiger partial charge in [0.2, 0.25) is 0 Å². The zero-order valence-corrected chi connectivity index (χ0v) is 29.3. The van der Waals surface area contributed by atoms with Gasteiger partial charge in [-0.05, 0) is 77.8 Å². The van der Waals surface area contributed by atoms with Crippen molar-refractivity contribution in [2.75, 3.05) is 6.61 Å². The van der Waals surface area contributed by atoms with E-state index < -0.39 is 56.2 Å². The molecule has 4 saturated carbocycles. The minimum Gasteiger partial charge on any atom is -0.462 e.